The van der Waals surface area contributed by atoms with E-state index in [1.807, 2.05) is 13.8 Å². The summed E-state index contributed by atoms with van der Waals surface area (Å²) in [5, 5.41) is 2.71. The van der Waals surface area contributed by atoms with Crippen LogP contribution in [0.3, 0.4) is 0 Å². The number of nitrogens with zero attached hydrogens (tertiary/aromatic N) is 1. The molecule has 1 aliphatic rings. The highest BCUT2D eigenvalue weighted by molar-refractivity contribution is 7.89. The zero-order valence-electron chi connectivity index (χ0n) is 15.2. The van der Waals surface area contributed by atoms with Crippen LogP contribution in [0.5, 0.6) is 0 Å². The molecule has 2 rings (SSSR count). The first kappa shape index (κ1) is 21.6. The van der Waals surface area contributed by atoms with Gasteiger partial charge in [0.2, 0.25) is 10.0 Å². The van der Waals surface area contributed by atoms with Crippen LogP contribution < -0.4 is 5.32 Å². The van der Waals surface area contributed by atoms with Gasteiger partial charge in [-0.05, 0) is 31.5 Å². The van der Waals surface area contributed by atoms with Crippen molar-refractivity contribution in [1.82, 2.24) is 9.62 Å². The Morgan fingerprint density at radius 1 is 1.33 bits per heavy atom. The van der Waals surface area contributed by atoms with E-state index in [1.165, 1.54) is 22.5 Å². The molecule has 0 aliphatic carbocycles. The van der Waals surface area contributed by atoms with Crippen molar-refractivity contribution in [3.8, 4) is 0 Å². The predicted molar refractivity (Wildman–Crippen MR) is 99.2 cm³/mol. The average molecular weight is 419 g/mol. The number of hydrogen-bond acceptors (Lipinski definition) is 6. The van der Waals surface area contributed by atoms with Crippen LogP contribution in [-0.4, -0.2) is 63.6 Å². The molecule has 27 heavy (non-hydrogen) atoms. The van der Waals surface area contributed by atoms with Gasteiger partial charge in [0.1, 0.15) is 0 Å². The van der Waals surface area contributed by atoms with Crippen LogP contribution in [0.2, 0.25) is 5.02 Å². The first-order valence-corrected chi connectivity index (χ1v) is 10.4. The quantitative estimate of drug-likeness (QED) is 0.672. The Morgan fingerprint density at radius 2 is 2.00 bits per heavy atom. The molecule has 1 amide bonds. The third kappa shape index (κ3) is 5.65. The molecule has 0 radical (unpaired) electrons. The lowest BCUT2D eigenvalue weighted by atomic mass is 10.2. The van der Waals surface area contributed by atoms with Crippen LogP contribution in [0, 0.1) is 0 Å². The number of halogens is 1. The molecule has 0 saturated carbocycles. The molecular weight excluding hydrogens is 396 g/mol. The number of carbonyl (C=O) groups is 2. The van der Waals surface area contributed by atoms with E-state index in [2.05, 4.69) is 5.32 Å². The SMILES string of the molecule is CC[C@H](C)NC(=O)COC(=O)c1cc(S(=O)(=O)N2CCOCC2)ccc1Cl. The number of carbonyl (C=O) groups excluding carboxylic acids is 2. The van der Waals surface area contributed by atoms with Crippen molar-refractivity contribution in [2.75, 3.05) is 32.9 Å². The molecule has 1 aromatic carbocycles. The molecule has 0 bridgehead atoms. The summed E-state index contributed by atoms with van der Waals surface area (Å²) in [6, 6.07) is 3.79. The smallest absolute Gasteiger partial charge is 0.340 e. The van der Waals surface area contributed by atoms with Crippen molar-refractivity contribution in [2.45, 2.75) is 31.2 Å². The number of nitrogens with one attached hydrogen (secondary N) is 1. The minimum atomic E-state index is -3.78. The summed E-state index contributed by atoms with van der Waals surface area (Å²) in [6.07, 6.45) is 0.743. The molecule has 1 aliphatic heterocycles. The van der Waals surface area contributed by atoms with Gasteiger partial charge in [0, 0.05) is 19.1 Å². The van der Waals surface area contributed by atoms with Gasteiger partial charge in [-0.2, -0.15) is 4.31 Å². The Kier molecular flexibility index (Phi) is 7.60. The second kappa shape index (κ2) is 9.50. The molecule has 1 aromatic rings. The fraction of sp³-hybridized carbons (Fsp3) is 0.529. The van der Waals surface area contributed by atoms with E-state index in [0.29, 0.717) is 13.2 Å². The molecule has 0 aromatic heterocycles. The molecular formula is C17H23ClN2O6S. The Morgan fingerprint density at radius 3 is 2.63 bits per heavy atom. The van der Waals surface area contributed by atoms with Crippen LogP contribution in [-0.2, 0) is 24.3 Å². The van der Waals surface area contributed by atoms with E-state index in [-0.39, 0.29) is 34.6 Å². The number of sulfonamides is 1. The van der Waals surface area contributed by atoms with E-state index in [9.17, 15) is 18.0 Å². The largest absolute Gasteiger partial charge is 0.452 e. The minimum absolute atomic E-state index is 0.0400. The van der Waals surface area contributed by atoms with Crippen molar-refractivity contribution in [2.24, 2.45) is 0 Å². The van der Waals surface area contributed by atoms with Crippen molar-refractivity contribution >= 4 is 33.5 Å². The number of ether oxygens (including phenoxy) is 2. The first-order chi connectivity index (χ1) is 12.8. The molecule has 0 unspecified atom stereocenters. The van der Waals surface area contributed by atoms with Gasteiger partial charge in [-0.1, -0.05) is 18.5 Å². The zero-order chi connectivity index (χ0) is 20.0. The predicted octanol–water partition coefficient (Wildman–Crippen LogP) is 1.43. The normalized spacial score (nSPS) is 16.6. The third-order valence-electron chi connectivity index (χ3n) is 4.12. The fourth-order valence-corrected chi connectivity index (χ4v) is 4.01. The summed E-state index contributed by atoms with van der Waals surface area (Å²) in [5.74, 6) is -1.30. The molecule has 1 heterocycles. The van der Waals surface area contributed by atoms with E-state index >= 15 is 0 Å². The third-order valence-corrected chi connectivity index (χ3v) is 6.34. The van der Waals surface area contributed by atoms with Gasteiger partial charge in [0.05, 0.1) is 28.7 Å². The molecule has 10 heteroatoms. The van der Waals surface area contributed by atoms with Gasteiger partial charge < -0.3 is 14.8 Å². The number of amides is 1. The maximum Gasteiger partial charge on any atom is 0.340 e. The van der Waals surface area contributed by atoms with Crippen molar-refractivity contribution in [3.63, 3.8) is 0 Å². The monoisotopic (exact) mass is 418 g/mol. The summed E-state index contributed by atoms with van der Waals surface area (Å²) in [5.41, 5.74) is -0.109. The fourth-order valence-electron chi connectivity index (χ4n) is 2.38. The average Bonchev–Trinajstić information content (AvgIpc) is 2.66. The number of hydrogen-bond donors (Lipinski definition) is 1. The van der Waals surface area contributed by atoms with Gasteiger partial charge in [-0.3, -0.25) is 4.79 Å². The maximum absolute atomic E-state index is 12.7. The van der Waals surface area contributed by atoms with Crippen molar-refractivity contribution in [3.05, 3.63) is 28.8 Å². The Labute approximate surface area is 163 Å². The van der Waals surface area contributed by atoms with Crippen LogP contribution in [0.25, 0.3) is 0 Å². The van der Waals surface area contributed by atoms with Gasteiger partial charge in [-0.15, -0.1) is 0 Å². The highest BCUT2D eigenvalue weighted by atomic mass is 35.5. The number of benzene rings is 1. The summed E-state index contributed by atoms with van der Waals surface area (Å²) in [4.78, 5) is 23.9. The summed E-state index contributed by atoms with van der Waals surface area (Å²) >= 11 is 6.02. The second-order valence-corrected chi connectivity index (χ2v) is 8.46. The second-order valence-electron chi connectivity index (χ2n) is 6.11. The highest BCUT2D eigenvalue weighted by Crippen LogP contribution is 2.24. The van der Waals surface area contributed by atoms with Gasteiger partial charge >= 0.3 is 5.97 Å². The number of rotatable bonds is 7. The van der Waals surface area contributed by atoms with Gasteiger partial charge in [-0.25, -0.2) is 13.2 Å². The maximum atomic E-state index is 12.7. The molecule has 1 fully saturated rings. The van der Waals surface area contributed by atoms with Crippen molar-refractivity contribution < 1.29 is 27.5 Å². The standard InChI is InChI=1S/C17H23ClN2O6S/c1-3-12(2)19-16(21)11-26-17(22)14-10-13(4-5-15(14)18)27(23,24)20-6-8-25-9-7-20/h4-5,10,12H,3,6-9,11H2,1-2H3,(H,19,21)/t12-/m0/s1. The lowest BCUT2D eigenvalue weighted by molar-refractivity contribution is -0.124. The molecule has 1 saturated heterocycles. The number of morpholine rings is 1. The van der Waals surface area contributed by atoms with E-state index in [0.717, 1.165) is 6.42 Å². The van der Waals surface area contributed by atoms with Crippen molar-refractivity contribution in [1.29, 1.82) is 0 Å². The summed E-state index contributed by atoms with van der Waals surface area (Å²) in [6.45, 7) is 4.37. The first-order valence-electron chi connectivity index (χ1n) is 8.59. The van der Waals surface area contributed by atoms with Crippen LogP contribution in [0.1, 0.15) is 30.6 Å². The van der Waals surface area contributed by atoms with E-state index in [4.69, 9.17) is 21.1 Å². The molecule has 8 nitrogen and oxygen atoms in total. The topological polar surface area (TPSA) is 102 Å². The van der Waals surface area contributed by atoms with E-state index in [1.54, 1.807) is 0 Å². The lowest BCUT2D eigenvalue weighted by Gasteiger charge is -2.26. The van der Waals surface area contributed by atoms with Crippen LogP contribution >= 0.6 is 11.6 Å². The summed E-state index contributed by atoms with van der Waals surface area (Å²) < 4.78 is 36.8. The van der Waals surface area contributed by atoms with Crippen LogP contribution in [0.4, 0.5) is 0 Å². The minimum Gasteiger partial charge on any atom is -0.452 e. The molecule has 1 N–H and O–H groups in total. The Bertz CT molecular complexity index is 793. The Hall–Kier alpha value is -1.68. The number of esters is 1. The van der Waals surface area contributed by atoms with Crippen LogP contribution in [0.15, 0.2) is 23.1 Å². The van der Waals surface area contributed by atoms with E-state index < -0.39 is 28.5 Å². The molecule has 0 spiro atoms. The molecule has 150 valence electrons. The Balaban J connectivity index is 2.12. The lowest BCUT2D eigenvalue weighted by Crippen LogP contribution is -2.40. The van der Waals surface area contributed by atoms with Gasteiger partial charge in [0.15, 0.2) is 6.61 Å². The zero-order valence-corrected chi connectivity index (χ0v) is 16.8. The highest BCUT2D eigenvalue weighted by Gasteiger charge is 2.28. The summed E-state index contributed by atoms with van der Waals surface area (Å²) in [7, 11) is -3.78. The van der Waals surface area contributed by atoms with Gasteiger partial charge in [0.25, 0.3) is 5.91 Å². The molecule has 1 atom stereocenters.